The summed E-state index contributed by atoms with van der Waals surface area (Å²) in [5.41, 5.74) is 1.79. The van der Waals surface area contributed by atoms with Gasteiger partial charge in [-0.15, -0.1) is 0 Å². The normalized spacial score (nSPS) is 20.5. The van der Waals surface area contributed by atoms with E-state index in [0.717, 1.165) is 25.1 Å². The van der Waals surface area contributed by atoms with Crippen LogP contribution >= 0.6 is 0 Å². The van der Waals surface area contributed by atoms with Crippen LogP contribution in [-0.4, -0.2) is 34.4 Å². The Morgan fingerprint density at radius 3 is 2.31 bits per heavy atom. The molecule has 1 aliphatic carbocycles. The van der Waals surface area contributed by atoms with Gasteiger partial charge in [-0.25, -0.2) is 4.98 Å². The van der Waals surface area contributed by atoms with Gasteiger partial charge in [0.1, 0.15) is 5.82 Å². The first-order chi connectivity index (χ1) is 12.4. The lowest BCUT2D eigenvalue weighted by Crippen LogP contribution is -2.38. The van der Waals surface area contributed by atoms with Crippen molar-refractivity contribution in [2.45, 2.75) is 37.5 Å². The Hall–Kier alpha value is -2.57. The number of halogens is 3. The average Bonchev–Trinajstić information content (AvgIpc) is 3.17. The largest absolute Gasteiger partial charge is 0.417 e. The van der Waals surface area contributed by atoms with E-state index in [2.05, 4.69) is 22.4 Å². The zero-order chi connectivity index (χ0) is 18.3. The van der Waals surface area contributed by atoms with Crippen molar-refractivity contribution >= 4 is 11.7 Å². The summed E-state index contributed by atoms with van der Waals surface area (Å²) in [7, 11) is 0. The van der Waals surface area contributed by atoms with Gasteiger partial charge in [0.25, 0.3) is 0 Å². The van der Waals surface area contributed by atoms with Crippen molar-refractivity contribution in [3.8, 4) is 0 Å². The van der Waals surface area contributed by atoms with Crippen LogP contribution in [0.15, 0.2) is 42.6 Å². The minimum absolute atomic E-state index is 0.0761. The third-order valence-corrected chi connectivity index (χ3v) is 5.07. The number of nitrogens with zero attached hydrogens (tertiary/aromatic N) is 2. The fourth-order valence-corrected chi connectivity index (χ4v) is 3.79. The molecule has 26 heavy (non-hydrogen) atoms. The average molecular weight is 361 g/mol. The van der Waals surface area contributed by atoms with Gasteiger partial charge in [-0.2, -0.15) is 13.2 Å². The first kappa shape index (κ1) is 16.9. The molecular weight excluding hydrogens is 343 g/mol. The van der Waals surface area contributed by atoms with Gasteiger partial charge in [0.15, 0.2) is 0 Å². The number of alkyl halides is 3. The second-order valence-electron chi connectivity index (χ2n) is 6.85. The molecule has 2 aromatic rings. The Balaban J connectivity index is 1.39. The van der Waals surface area contributed by atoms with Crippen LogP contribution in [-0.2, 0) is 23.8 Å². The summed E-state index contributed by atoms with van der Waals surface area (Å²) in [6.45, 7) is 0.542. The van der Waals surface area contributed by atoms with Crippen molar-refractivity contribution in [3.63, 3.8) is 0 Å². The number of amides is 1. The second kappa shape index (κ2) is 6.30. The van der Waals surface area contributed by atoms with E-state index in [1.807, 2.05) is 17.0 Å². The number of fused-ring (bicyclic) bond motifs is 1. The number of anilines is 1. The second-order valence-corrected chi connectivity index (χ2v) is 6.85. The van der Waals surface area contributed by atoms with Gasteiger partial charge in [-0.1, -0.05) is 24.3 Å². The molecule has 0 saturated carbocycles. The molecule has 1 saturated heterocycles. The van der Waals surface area contributed by atoms with Crippen LogP contribution in [0.2, 0.25) is 0 Å². The van der Waals surface area contributed by atoms with E-state index in [0.29, 0.717) is 18.8 Å². The monoisotopic (exact) mass is 361 g/mol. The van der Waals surface area contributed by atoms with Gasteiger partial charge in [-0.05, 0) is 36.1 Å². The molecule has 0 radical (unpaired) electrons. The van der Waals surface area contributed by atoms with Crippen molar-refractivity contribution in [2.75, 3.05) is 11.9 Å². The topological polar surface area (TPSA) is 45.2 Å². The van der Waals surface area contributed by atoms with Crippen LogP contribution in [0.4, 0.5) is 19.0 Å². The first-order valence-corrected chi connectivity index (χ1v) is 8.56. The van der Waals surface area contributed by atoms with Gasteiger partial charge < -0.3 is 10.2 Å². The summed E-state index contributed by atoms with van der Waals surface area (Å²) in [5, 5.41) is 3.08. The maximum absolute atomic E-state index is 12.6. The molecule has 4 nitrogen and oxygen atoms in total. The lowest BCUT2D eigenvalue weighted by molar-refractivity contribution is -0.137. The van der Waals surface area contributed by atoms with Crippen molar-refractivity contribution in [2.24, 2.45) is 0 Å². The van der Waals surface area contributed by atoms with Crippen LogP contribution in [0.1, 0.15) is 23.1 Å². The number of benzene rings is 1. The SMILES string of the molecule is O=C1CC(Nc2ccc(C(F)(F)F)cn2)CN1C1Cc2ccccc2C1. The lowest BCUT2D eigenvalue weighted by Gasteiger charge is -2.24. The van der Waals surface area contributed by atoms with Crippen LogP contribution in [0.5, 0.6) is 0 Å². The van der Waals surface area contributed by atoms with E-state index in [4.69, 9.17) is 0 Å². The molecule has 0 spiro atoms. The Kier molecular flexibility index (Phi) is 4.09. The quantitative estimate of drug-likeness (QED) is 0.913. The van der Waals surface area contributed by atoms with Crippen LogP contribution in [0.25, 0.3) is 0 Å². The molecule has 1 aromatic carbocycles. The third-order valence-electron chi connectivity index (χ3n) is 5.07. The number of carbonyl (C=O) groups excluding carboxylic acids is 1. The molecule has 0 bridgehead atoms. The number of nitrogens with one attached hydrogen (secondary N) is 1. The summed E-state index contributed by atoms with van der Waals surface area (Å²) in [6, 6.07) is 10.5. The minimum atomic E-state index is -4.40. The number of hydrogen-bond acceptors (Lipinski definition) is 3. The molecule has 1 fully saturated rings. The summed E-state index contributed by atoms with van der Waals surface area (Å²) in [5.74, 6) is 0.430. The predicted octanol–water partition coefficient (Wildman–Crippen LogP) is 3.28. The summed E-state index contributed by atoms with van der Waals surface area (Å²) < 4.78 is 37.8. The Bertz CT molecular complexity index is 795. The van der Waals surface area contributed by atoms with Crippen molar-refractivity contribution < 1.29 is 18.0 Å². The standard InChI is InChI=1S/C19H18F3N3O/c20-19(21,22)14-5-6-17(23-10-14)24-15-9-18(26)25(11-15)16-7-12-3-1-2-4-13(12)8-16/h1-6,10,15-16H,7-9,11H2,(H,23,24). The summed E-state index contributed by atoms with van der Waals surface area (Å²) >= 11 is 0. The van der Waals surface area contributed by atoms with Gasteiger partial charge in [0.2, 0.25) is 5.91 Å². The predicted molar refractivity (Wildman–Crippen MR) is 90.6 cm³/mol. The molecule has 1 aromatic heterocycles. The number of carbonyl (C=O) groups is 1. The highest BCUT2D eigenvalue weighted by molar-refractivity contribution is 5.80. The zero-order valence-electron chi connectivity index (χ0n) is 14.0. The molecule has 1 aliphatic heterocycles. The number of hydrogen-bond donors (Lipinski definition) is 1. The first-order valence-electron chi connectivity index (χ1n) is 8.56. The number of likely N-dealkylation sites (tertiary alicyclic amines) is 1. The molecular formula is C19H18F3N3O. The van der Waals surface area contributed by atoms with Crippen LogP contribution in [0.3, 0.4) is 0 Å². The Labute approximate surface area is 149 Å². The highest BCUT2D eigenvalue weighted by Crippen LogP contribution is 2.30. The van der Waals surface area contributed by atoms with Crippen LogP contribution in [0, 0.1) is 0 Å². The molecule has 4 rings (SSSR count). The third kappa shape index (κ3) is 3.25. The number of pyridine rings is 1. The molecule has 2 aliphatic rings. The van der Waals surface area contributed by atoms with E-state index in [9.17, 15) is 18.0 Å². The summed E-state index contributed by atoms with van der Waals surface area (Å²) in [4.78, 5) is 18.1. The van der Waals surface area contributed by atoms with Crippen molar-refractivity contribution in [1.29, 1.82) is 0 Å². The fourth-order valence-electron chi connectivity index (χ4n) is 3.79. The smallest absolute Gasteiger partial charge is 0.365 e. The van der Waals surface area contributed by atoms with Crippen LogP contribution < -0.4 is 5.32 Å². The van der Waals surface area contributed by atoms with E-state index < -0.39 is 11.7 Å². The van der Waals surface area contributed by atoms with E-state index in [1.54, 1.807) is 0 Å². The zero-order valence-corrected chi connectivity index (χ0v) is 14.0. The molecule has 2 heterocycles. The molecule has 1 N–H and O–H groups in total. The highest BCUT2D eigenvalue weighted by atomic mass is 19.4. The van der Waals surface area contributed by atoms with E-state index in [1.165, 1.54) is 17.2 Å². The van der Waals surface area contributed by atoms with Crippen molar-refractivity contribution in [1.82, 2.24) is 9.88 Å². The van der Waals surface area contributed by atoms with E-state index in [-0.39, 0.29) is 18.0 Å². The Morgan fingerprint density at radius 1 is 1.04 bits per heavy atom. The Morgan fingerprint density at radius 2 is 1.73 bits per heavy atom. The summed E-state index contributed by atoms with van der Waals surface area (Å²) in [6.07, 6.45) is -1.55. The molecule has 1 atom stereocenters. The highest BCUT2D eigenvalue weighted by Gasteiger charge is 2.37. The molecule has 1 unspecified atom stereocenters. The number of aromatic nitrogens is 1. The van der Waals surface area contributed by atoms with E-state index >= 15 is 0 Å². The van der Waals surface area contributed by atoms with Gasteiger partial charge in [-0.3, -0.25) is 4.79 Å². The van der Waals surface area contributed by atoms with Gasteiger partial charge in [0, 0.05) is 25.2 Å². The molecule has 1 amide bonds. The van der Waals surface area contributed by atoms with Crippen molar-refractivity contribution in [3.05, 3.63) is 59.3 Å². The molecule has 7 heteroatoms. The molecule has 136 valence electrons. The maximum Gasteiger partial charge on any atom is 0.417 e. The lowest BCUT2D eigenvalue weighted by atomic mass is 10.1. The number of rotatable bonds is 3. The van der Waals surface area contributed by atoms with Gasteiger partial charge in [0.05, 0.1) is 11.6 Å². The van der Waals surface area contributed by atoms with Gasteiger partial charge >= 0.3 is 6.18 Å². The maximum atomic E-state index is 12.6. The fraction of sp³-hybridized carbons (Fsp3) is 0.368. The minimum Gasteiger partial charge on any atom is -0.365 e.